The molecule has 0 fully saturated rings. The predicted octanol–water partition coefficient (Wildman–Crippen LogP) is -0.243. The lowest BCUT2D eigenvalue weighted by Gasteiger charge is -2.10. The Morgan fingerprint density at radius 3 is 2.50 bits per heavy atom. The smallest absolute Gasteiger partial charge is 0.322 e. The maximum absolute atomic E-state index is 11.4. The molecule has 0 aromatic heterocycles. The van der Waals surface area contributed by atoms with Gasteiger partial charge in [0.1, 0.15) is 6.54 Å². The van der Waals surface area contributed by atoms with E-state index >= 15 is 0 Å². The van der Waals surface area contributed by atoms with Gasteiger partial charge in [0.25, 0.3) is 0 Å². The first-order chi connectivity index (χ1) is 7.59. The zero-order chi connectivity index (χ0) is 12.0. The molecule has 1 aromatic rings. The summed E-state index contributed by atoms with van der Waals surface area (Å²) in [7, 11) is 0. The number of carbonyl (C=O) groups is 2. The van der Waals surface area contributed by atoms with Crippen LogP contribution in [0.25, 0.3) is 0 Å². The Bertz CT molecular complexity index is 365. The number of nitrogens with two attached hydrogens (primary N) is 1. The molecule has 0 radical (unpaired) electrons. The molecule has 0 bridgehead atoms. The third-order valence-corrected chi connectivity index (χ3v) is 2.05. The van der Waals surface area contributed by atoms with Crippen molar-refractivity contribution in [2.24, 2.45) is 5.73 Å². The molecule has 16 heavy (non-hydrogen) atoms. The fourth-order valence-electron chi connectivity index (χ4n) is 1.25. The molecule has 0 saturated heterocycles. The normalized spacial score (nSPS) is 11.8. The number of hydrogen-bond acceptors (Lipinski definition) is 3. The summed E-state index contributed by atoms with van der Waals surface area (Å²) < 4.78 is 0. The van der Waals surface area contributed by atoms with E-state index in [9.17, 15) is 9.59 Å². The van der Waals surface area contributed by atoms with Gasteiger partial charge in [0.05, 0.1) is 6.04 Å². The summed E-state index contributed by atoms with van der Waals surface area (Å²) >= 11 is 0. The average molecular weight is 221 g/mol. The van der Waals surface area contributed by atoms with E-state index in [0.717, 1.165) is 5.56 Å². The SMILES string of the molecule is NC(Cc1ccccc1)C(=O)NC[11C](=O)O. The monoisotopic (exact) mass is 221 g/mol. The van der Waals surface area contributed by atoms with Crippen LogP contribution in [0.15, 0.2) is 30.3 Å². The standard InChI is InChI=1S/C11H14N2O3/c12-9(11(16)13-7-10(14)15)6-8-4-2-1-3-5-8/h1-5,9H,6-7,12H2,(H,13,16)(H,14,15)/i10-1. The van der Waals surface area contributed by atoms with Gasteiger partial charge in [-0.25, -0.2) is 0 Å². The molecule has 0 aliphatic heterocycles. The second kappa shape index (κ2) is 5.87. The van der Waals surface area contributed by atoms with Crippen molar-refractivity contribution >= 4 is 11.9 Å². The molecular weight excluding hydrogens is 207 g/mol. The summed E-state index contributed by atoms with van der Waals surface area (Å²) in [6, 6.07) is 8.60. The highest BCUT2D eigenvalue weighted by Crippen LogP contribution is 2.01. The predicted molar refractivity (Wildman–Crippen MR) is 58.8 cm³/mol. The minimum atomic E-state index is -1.08. The van der Waals surface area contributed by atoms with Gasteiger partial charge >= 0.3 is 5.97 Å². The van der Waals surface area contributed by atoms with Crippen molar-refractivity contribution in [3.05, 3.63) is 35.9 Å². The van der Waals surface area contributed by atoms with Crippen LogP contribution >= 0.6 is 0 Å². The van der Waals surface area contributed by atoms with Crippen molar-refractivity contribution in [2.75, 3.05) is 6.54 Å². The quantitative estimate of drug-likeness (QED) is 0.639. The van der Waals surface area contributed by atoms with Gasteiger partial charge in [-0.15, -0.1) is 0 Å². The van der Waals surface area contributed by atoms with Crippen molar-refractivity contribution in [2.45, 2.75) is 12.5 Å². The topological polar surface area (TPSA) is 92.4 Å². The van der Waals surface area contributed by atoms with Crippen LogP contribution in [0.1, 0.15) is 5.56 Å². The molecule has 5 nitrogen and oxygen atoms in total. The lowest BCUT2D eigenvalue weighted by Crippen LogP contribution is -2.43. The highest BCUT2D eigenvalue weighted by atomic mass is 16.3. The van der Waals surface area contributed by atoms with Gasteiger partial charge in [0, 0.05) is 0 Å². The molecule has 4 N–H and O–H groups in total. The molecule has 0 aliphatic carbocycles. The number of carbonyl (C=O) groups excluding carboxylic acids is 1. The summed E-state index contributed by atoms with van der Waals surface area (Å²) in [6.07, 6.45) is 0.395. The molecule has 0 spiro atoms. The summed E-state index contributed by atoms with van der Waals surface area (Å²) in [5.74, 6) is -1.54. The van der Waals surface area contributed by atoms with Crippen molar-refractivity contribution in [3.8, 4) is 0 Å². The second-order valence-electron chi connectivity index (χ2n) is 3.41. The van der Waals surface area contributed by atoms with Crippen LogP contribution in [-0.2, 0) is 16.0 Å². The first kappa shape index (κ1) is 12.2. The molecule has 1 rings (SSSR count). The lowest BCUT2D eigenvalue weighted by molar-refractivity contribution is -0.138. The molecule has 0 aliphatic rings. The van der Waals surface area contributed by atoms with E-state index in [4.69, 9.17) is 10.8 Å². The van der Waals surface area contributed by atoms with Crippen molar-refractivity contribution in [1.82, 2.24) is 5.32 Å². The van der Waals surface area contributed by atoms with E-state index in [1.807, 2.05) is 30.3 Å². The molecule has 1 amide bonds. The maximum Gasteiger partial charge on any atom is 0.322 e. The van der Waals surface area contributed by atoms with Gasteiger partial charge in [-0.05, 0) is 12.0 Å². The molecule has 0 heterocycles. The fraction of sp³-hybridized carbons (Fsp3) is 0.273. The minimum absolute atomic E-state index is 0.395. The molecular formula is C11H14N2O3. The largest absolute Gasteiger partial charge is 0.480 e. The van der Waals surface area contributed by atoms with Gasteiger partial charge in [0.15, 0.2) is 0 Å². The Labute approximate surface area is 93.3 Å². The summed E-state index contributed by atoms with van der Waals surface area (Å²) in [5, 5.41) is 10.6. The third kappa shape index (κ3) is 4.10. The van der Waals surface area contributed by atoms with Gasteiger partial charge in [-0.3, -0.25) is 9.59 Å². The zero-order valence-corrected chi connectivity index (χ0v) is 8.72. The first-order valence-electron chi connectivity index (χ1n) is 4.88. The van der Waals surface area contributed by atoms with E-state index in [-0.39, 0.29) is 0 Å². The Kier molecular flexibility index (Phi) is 4.47. The van der Waals surface area contributed by atoms with Gasteiger partial charge in [-0.1, -0.05) is 30.3 Å². The van der Waals surface area contributed by atoms with Crippen LogP contribution in [0.3, 0.4) is 0 Å². The van der Waals surface area contributed by atoms with Crippen molar-refractivity contribution in [3.63, 3.8) is 0 Å². The molecule has 0 saturated carbocycles. The molecule has 1 aromatic carbocycles. The number of benzene rings is 1. The van der Waals surface area contributed by atoms with E-state index in [0.29, 0.717) is 6.42 Å². The summed E-state index contributed by atoms with van der Waals surface area (Å²) in [5.41, 5.74) is 6.58. The number of carboxylic acids is 1. The second-order valence-corrected chi connectivity index (χ2v) is 3.41. The number of nitrogens with one attached hydrogen (secondary N) is 1. The number of amides is 1. The van der Waals surface area contributed by atoms with Crippen LogP contribution < -0.4 is 11.1 Å². The van der Waals surface area contributed by atoms with Gasteiger partial charge in [-0.2, -0.15) is 0 Å². The van der Waals surface area contributed by atoms with Crippen LogP contribution in [0.5, 0.6) is 0 Å². The van der Waals surface area contributed by atoms with Crippen LogP contribution in [-0.4, -0.2) is 29.6 Å². The summed E-state index contributed by atoms with van der Waals surface area (Å²) in [4.78, 5) is 21.6. The zero-order valence-electron chi connectivity index (χ0n) is 8.72. The molecule has 86 valence electrons. The minimum Gasteiger partial charge on any atom is -0.480 e. The van der Waals surface area contributed by atoms with Crippen LogP contribution in [0.4, 0.5) is 0 Å². The van der Waals surface area contributed by atoms with E-state index in [1.165, 1.54) is 0 Å². The Morgan fingerprint density at radius 1 is 1.31 bits per heavy atom. The third-order valence-electron chi connectivity index (χ3n) is 2.05. The number of hydrogen-bond donors (Lipinski definition) is 3. The van der Waals surface area contributed by atoms with E-state index in [1.54, 1.807) is 0 Å². The van der Waals surface area contributed by atoms with Crippen molar-refractivity contribution < 1.29 is 14.7 Å². The summed E-state index contributed by atoms with van der Waals surface area (Å²) in [6.45, 7) is -0.401. The van der Waals surface area contributed by atoms with E-state index < -0.39 is 24.5 Å². The van der Waals surface area contributed by atoms with Crippen molar-refractivity contribution in [1.29, 1.82) is 0 Å². The molecule has 5 heteroatoms. The van der Waals surface area contributed by atoms with Crippen LogP contribution in [0, 0.1) is 0 Å². The molecule has 1 unspecified atom stereocenters. The highest BCUT2D eigenvalue weighted by Gasteiger charge is 2.14. The number of carboxylic acid groups (broad SMARTS) is 1. The fourth-order valence-corrected chi connectivity index (χ4v) is 1.25. The first-order valence-corrected chi connectivity index (χ1v) is 4.88. The van der Waals surface area contributed by atoms with E-state index in [2.05, 4.69) is 5.32 Å². The molecule has 1 atom stereocenters. The van der Waals surface area contributed by atoms with Crippen LogP contribution in [0.2, 0.25) is 0 Å². The Balaban J connectivity index is 2.43. The van der Waals surface area contributed by atoms with Gasteiger partial charge in [0.2, 0.25) is 5.91 Å². The number of aliphatic carboxylic acids is 1. The average Bonchev–Trinajstić information content (AvgIpc) is 2.27. The maximum atomic E-state index is 11.4. The Hall–Kier alpha value is -1.88. The van der Waals surface area contributed by atoms with Gasteiger partial charge < -0.3 is 16.2 Å². The Morgan fingerprint density at radius 2 is 1.94 bits per heavy atom. The highest BCUT2D eigenvalue weighted by molar-refractivity contribution is 5.85. The lowest BCUT2D eigenvalue weighted by atomic mass is 10.1. The number of rotatable bonds is 5.